The van der Waals surface area contributed by atoms with Gasteiger partial charge in [-0.05, 0) is 32.7 Å². The number of hydrogen-bond donors (Lipinski definition) is 0. The van der Waals surface area contributed by atoms with Gasteiger partial charge in [-0.15, -0.1) is 0 Å². The van der Waals surface area contributed by atoms with Crippen LogP contribution in [0.5, 0.6) is 0 Å². The third kappa shape index (κ3) is 2.88. The molecule has 1 fully saturated rings. The Morgan fingerprint density at radius 3 is 2.62 bits per heavy atom. The molecule has 0 bridgehead atoms. The number of azide groups is 1. The van der Waals surface area contributed by atoms with E-state index in [-0.39, 0.29) is 5.60 Å². The fourth-order valence-electron chi connectivity index (χ4n) is 1.43. The average Bonchev–Trinajstić information content (AvgIpc) is 2.27. The smallest absolute Gasteiger partial charge is 0.163 e. The summed E-state index contributed by atoms with van der Waals surface area (Å²) < 4.78 is 11.1. The topological polar surface area (TPSA) is 67.2 Å². The third-order valence-corrected chi connectivity index (χ3v) is 2.02. The van der Waals surface area contributed by atoms with Crippen LogP contribution >= 0.6 is 0 Å². The van der Waals surface area contributed by atoms with Crippen LogP contribution in [0.4, 0.5) is 0 Å². The Morgan fingerprint density at radius 1 is 1.46 bits per heavy atom. The zero-order valence-corrected chi connectivity index (χ0v) is 8.28. The van der Waals surface area contributed by atoms with Gasteiger partial charge in [0.1, 0.15) is 0 Å². The van der Waals surface area contributed by atoms with Crippen LogP contribution in [0.15, 0.2) is 5.11 Å². The molecule has 0 aromatic heterocycles. The normalized spacial score (nSPS) is 31.3. The minimum Gasteiger partial charge on any atom is -0.348 e. The molecule has 0 amide bonds. The van der Waals surface area contributed by atoms with Crippen molar-refractivity contribution in [2.75, 3.05) is 13.2 Å². The summed E-state index contributed by atoms with van der Waals surface area (Å²) in [6, 6.07) is 0. The van der Waals surface area contributed by atoms with E-state index in [4.69, 9.17) is 15.0 Å². The van der Waals surface area contributed by atoms with Crippen LogP contribution in [0.25, 0.3) is 10.4 Å². The Labute approximate surface area is 77.6 Å². The van der Waals surface area contributed by atoms with Crippen molar-refractivity contribution in [1.29, 1.82) is 0 Å². The molecule has 0 saturated carbocycles. The molecule has 0 spiro atoms. The van der Waals surface area contributed by atoms with E-state index in [1.165, 1.54) is 0 Å². The van der Waals surface area contributed by atoms with Gasteiger partial charge in [0, 0.05) is 11.5 Å². The molecule has 0 N–H and O–H groups in total. The molecule has 1 unspecified atom stereocenters. The van der Waals surface area contributed by atoms with Crippen LogP contribution in [0.2, 0.25) is 0 Å². The van der Waals surface area contributed by atoms with Gasteiger partial charge < -0.3 is 9.47 Å². The van der Waals surface area contributed by atoms with Crippen molar-refractivity contribution in [3.05, 3.63) is 10.4 Å². The molecule has 13 heavy (non-hydrogen) atoms. The lowest BCUT2D eigenvalue weighted by atomic mass is 10.0. The van der Waals surface area contributed by atoms with Crippen molar-refractivity contribution in [3.63, 3.8) is 0 Å². The summed E-state index contributed by atoms with van der Waals surface area (Å²) in [5.41, 5.74) is 7.81. The van der Waals surface area contributed by atoms with Crippen molar-refractivity contribution < 1.29 is 9.47 Å². The van der Waals surface area contributed by atoms with E-state index < -0.39 is 5.79 Å². The Morgan fingerprint density at radius 2 is 2.15 bits per heavy atom. The van der Waals surface area contributed by atoms with Gasteiger partial charge in [-0.2, -0.15) is 0 Å². The second kappa shape index (κ2) is 3.54. The highest BCUT2D eigenvalue weighted by Gasteiger charge is 2.41. The summed E-state index contributed by atoms with van der Waals surface area (Å²) in [6.45, 7) is 6.74. The third-order valence-electron chi connectivity index (χ3n) is 2.02. The van der Waals surface area contributed by atoms with Crippen molar-refractivity contribution in [2.45, 2.75) is 38.6 Å². The standard InChI is InChI=1S/C8H15N3O2/c1-7(2)12-6-8(3,13-7)4-5-10-11-9/h4-6H2,1-3H3. The first kappa shape index (κ1) is 10.3. The van der Waals surface area contributed by atoms with E-state index in [0.717, 1.165) is 0 Å². The molecule has 1 atom stereocenters. The van der Waals surface area contributed by atoms with Gasteiger partial charge in [-0.1, -0.05) is 5.11 Å². The van der Waals surface area contributed by atoms with Crippen molar-refractivity contribution in [1.82, 2.24) is 0 Å². The predicted molar refractivity (Wildman–Crippen MR) is 48.2 cm³/mol. The molecule has 5 heteroatoms. The Hall–Kier alpha value is -0.770. The molecule has 1 rings (SSSR count). The van der Waals surface area contributed by atoms with Gasteiger partial charge in [-0.25, -0.2) is 0 Å². The molecule has 74 valence electrons. The van der Waals surface area contributed by atoms with E-state index in [0.29, 0.717) is 19.6 Å². The van der Waals surface area contributed by atoms with E-state index in [1.54, 1.807) is 0 Å². The highest BCUT2D eigenvalue weighted by Crippen LogP contribution is 2.32. The van der Waals surface area contributed by atoms with E-state index >= 15 is 0 Å². The predicted octanol–water partition coefficient (Wildman–Crippen LogP) is 2.23. The Kier molecular flexibility index (Phi) is 2.81. The molecular weight excluding hydrogens is 170 g/mol. The zero-order valence-electron chi connectivity index (χ0n) is 8.28. The minimum atomic E-state index is -0.509. The van der Waals surface area contributed by atoms with E-state index in [2.05, 4.69) is 10.0 Å². The largest absolute Gasteiger partial charge is 0.348 e. The molecule has 0 aromatic rings. The number of ether oxygens (including phenoxy) is 2. The molecule has 1 heterocycles. The maximum absolute atomic E-state index is 8.11. The lowest BCUT2D eigenvalue weighted by Gasteiger charge is -2.24. The summed E-state index contributed by atoms with van der Waals surface area (Å²) in [5, 5.41) is 3.47. The van der Waals surface area contributed by atoms with E-state index in [9.17, 15) is 0 Å². The fourth-order valence-corrected chi connectivity index (χ4v) is 1.43. The number of hydrogen-bond acceptors (Lipinski definition) is 3. The maximum Gasteiger partial charge on any atom is 0.163 e. The van der Waals surface area contributed by atoms with Gasteiger partial charge >= 0.3 is 0 Å². The molecule has 0 aliphatic carbocycles. The van der Waals surface area contributed by atoms with Crippen LogP contribution in [-0.2, 0) is 9.47 Å². The first-order valence-corrected chi connectivity index (χ1v) is 4.32. The fraction of sp³-hybridized carbons (Fsp3) is 1.00. The Balaban J connectivity index is 2.45. The molecule has 0 aromatic carbocycles. The summed E-state index contributed by atoms with van der Waals surface area (Å²) in [7, 11) is 0. The summed E-state index contributed by atoms with van der Waals surface area (Å²) in [4.78, 5) is 2.69. The van der Waals surface area contributed by atoms with Gasteiger partial charge in [0.15, 0.2) is 5.79 Å². The molecule has 1 aliphatic rings. The van der Waals surface area contributed by atoms with Crippen molar-refractivity contribution in [3.8, 4) is 0 Å². The van der Waals surface area contributed by atoms with Crippen LogP contribution in [0, 0.1) is 0 Å². The summed E-state index contributed by atoms with van der Waals surface area (Å²) >= 11 is 0. The molecule has 1 saturated heterocycles. The molecular formula is C8H15N3O2. The van der Waals surface area contributed by atoms with Crippen molar-refractivity contribution >= 4 is 0 Å². The lowest BCUT2D eigenvalue weighted by molar-refractivity contribution is -0.158. The minimum absolute atomic E-state index is 0.308. The molecule has 1 aliphatic heterocycles. The van der Waals surface area contributed by atoms with Crippen LogP contribution in [-0.4, -0.2) is 24.5 Å². The molecule has 0 radical (unpaired) electrons. The quantitative estimate of drug-likeness (QED) is 0.384. The molecule has 5 nitrogen and oxygen atoms in total. The lowest BCUT2D eigenvalue weighted by Crippen LogP contribution is -2.31. The summed E-state index contributed by atoms with van der Waals surface area (Å²) in [5.74, 6) is -0.509. The highest BCUT2D eigenvalue weighted by molar-refractivity contribution is 4.84. The first-order chi connectivity index (χ1) is 5.97. The van der Waals surface area contributed by atoms with Crippen LogP contribution in [0.1, 0.15) is 27.2 Å². The van der Waals surface area contributed by atoms with Crippen molar-refractivity contribution in [2.24, 2.45) is 5.11 Å². The maximum atomic E-state index is 8.11. The SMILES string of the molecule is CC1(CCN=[N+]=[N-])COC(C)(C)O1. The van der Waals surface area contributed by atoms with Gasteiger partial charge in [0.05, 0.1) is 12.2 Å². The van der Waals surface area contributed by atoms with Gasteiger partial charge in [0.2, 0.25) is 0 Å². The first-order valence-electron chi connectivity index (χ1n) is 4.32. The summed E-state index contributed by atoms with van der Waals surface area (Å²) in [6.07, 6.45) is 0.695. The average molecular weight is 185 g/mol. The van der Waals surface area contributed by atoms with Crippen LogP contribution < -0.4 is 0 Å². The second-order valence-electron chi connectivity index (χ2n) is 3.94. The number of nitrogens with zero attached hydrogens (tertiary/aromatic N) is 3. The van der Waals surface area contributed by atoms with Crippen LogP contribution in [0.3, 0.4) is 0 Å². The van der Waals surface area contributed by atoms with Gasteiger partial charge in [-0.3, -0.25) is 0 Å². The van der Waals surface area contributed by atoms with E-state index in [1.807, 2.05) is 20.8 Å². The second-order valence-corrected chi connectivity index (χ2v) is 3.94. The zero-order chi connectivity index (χ0) is 9.95. The van der Waals surface area contributed by atoms with Gasteiger partial charge in [0.25, 0.3) is 0 Å². The number of rotatable bonds is 3. The monoisotopic (exact) mass is 185 g/mol. The Bertz CT molecular complexity index is 236. The highest BCUT2D eigenvalue weighted by atomic mass is 16.7.